The van der Waals surface area contributed by atoms with Crippen LogP contribution in [0.3, 0.4) is 0 Å². The number of carbonyl (C=O) groups is 1. The first kappa shape index (κ1) is 24.7. The zero-order valence-corrected chi connectivity index (χ0v) is 19.5. The van der Waals surface area contributed by atoms with E-state index in [-0.39, 0.29) is 17.3 Å². The molecule has 1 atom stereocenters. The van der Waals surface area contributed by atoms with Crippen LogP contribution in [0.4, 0.5) is 5.69 Å². The number of unbranched alkanes of at least 4 members (excludes halogenated alkanes) is 1. The first-order valence-corrected chi connectivity index (χ1v) is 12.4. The number of benzene rings is 2. The number of rotatable bonds is 13. The predicted molar refractivity (Wildman–Crippen MR) is 125 cm³/mol. The van der Waals surface area contributed by atoms with Gasteiger partial charge >= 0.3 is 0 Å². The van der Waals surface area contributed by atoms with Crippen LogP contribution in [-0.4, -0.2) is 34.0 Å². The lowest BCUT2D eigenvalue weighted by Crippen LogP contribution is -2.42. The highest BCUT2D eigenvalue weighted by Gasteiger charge is 2.27. The van der Waals surface area contributed by atoms with E-state index in [1.54, 1.807) is 36.4 Å². The van der Waals surface area contributed by atoms with Gasteiger partial charge in [0.1, 0.15) is 12.3 Å². The second kappa shape index (κ2) is 12.3. The Bertz CT molecular complexity index is 899. The van der Waals surface area contributed by atoms with Gasteiger partial charge in [-0.1, -0.05) is 51.3 Å². The third-order valence-corrected chi connectivity index (χ3v) is 6.97. The predicted octanol–water partition coefficient (Wildman–Crippen LogP) is 4.61. The standard InChI is InChI=1S/C24H34N2O4S/c1-4-7-11-20(5-2)18-25-24(27)19-26(21-12-9-8-10-13-21)31(28,29)23-16-14-22(15-17-23)30-6-3/h8-10,12-17,20H,4-7,11,18-19H2,1-3H3,(H,25,27)/t20-/m1/s1. The van der Waals surface area contributed by atoms with E-state index in [4.69, 9.17) is 4.74 Å². The fourth-order valence-corrected chi connectivity index (χ4v) is 4.72. The number of ether oxygens (including phenoxy) is 1. The van der Waals surface area contributed by atoms with Crippen molar-refractivity contribution < 1.29 is 17.9 Å². The number of hydrogen-bond donors (Lipinski definition) is 1. The van der Waals surface area contributed by atoms with Crippen molar-refractivity contribution in [2.75, 3.05) is 24.0 Å². The van der Waals surface area contributed by atoms with Crippen LogP contribution in [0.15, 0.2) is 59.5 Å². The second-order valence-electron chi connectivity index (χ2n) is 7.47. The Labute approximate surface area is 186 Å². The molecule has 0 saturated heterocycles. The molecule has 0 aromatic heterocycles. The SMILES string of the molecule is CCCC[C@@H](CC)CNC(=O)CN(c1ccccc1)S(=O)(=O)c1ccc(OCC)cc1. The summed E-state index contributed by atoms with van der Waals surface area (Å²) in [5.41, 5.74) is 0.449. The first-order chi connectivity index (χ1) is 14.9. The summed E-state index contributed by atoms with van der Waals surface area (Å²) >= 11 is 0. The Morgan fingerprint density at radius 1 is 1.03 bits per heavy atom. The van der Waals surface area contributed by atoms with E-state index >= 15 is 0 Å². The van der Waals surface area contributed by atoms with Gasteiger partial charge in [-0.05, 0) is 55.7 Å². The molecule has 0 heterocycles. The van der Waals surface area contributed by atoms with Crippen LogP contribution in [0.2, 0.25) is 0 Å². The van der Waals surface area contributed by atoms with Gasteiger partial charge in [-0.15, -0.1) is 0 Å². The lowest BCUT2D eigenvalue weighted by Gasteiger charge is -2.25. The zero-order chi connectivity index (χ0) is 22.7. The maximum absolute atomic E-state index is 13.4. The Morgan fingerprint density at radius 3 is 2.29 bits per heavy atom. The fourth-order valence-electron chi connectivity index (χ4n) is 3.30. The maximum Gasteiger partial charge on any atom is 0.264 e. The molecule has 0 spiro atoms. The number of hydrogen-bond acceptors (Lipinski definition) is 4. The Kier molecular flexibility index (Phi) is 9.85. The highest BCUT2D eigenvalue weighted by atomic mass is 32.2. The maximum atomic E-state index is 13.4. The van der Waals surface area contributed by atoms with Crippen LogP contribution in [-0.2, 0) is 14.8 Å². The molecule has 2 aromatic rings. The van der Waals surface area contributed by atoms with Crippen molar-refractivity contribution in [2.45, 2.75) is 51.3 Å². The van der Waals surface area contributed by atoms with E-state index in [1.807, 2.05) is 13.0 Å². The van der Waals surface area contributed by atoms with Gasteiger partial charge in [0.2, 0.25) is 5.91 Å². The molecule has 7 heteroatoms. The molecule has 0 bridgehead atoms. The Morgan fingerprint density at radius 2 is 1.71 bits per heavy atom. The molecule has 0 aliphatic heterocycles. The van der Waals surface area contributed by atoms with Gasteiger partial charge in [0.25, 0.3) is 10.0 Å². The van der Waals surface area contributed by atoms with Gasteiger partial charge in [-0.3, -0.25) is 9.10 Å². The van der Waals surface area contributed by atoms with E-state index in [2.05, 4.69) is 19.2 Å². The van der Waals surface area contributed by atoms with Crippen LogP contribution < -0.4 is 14.4 Å². The summed E-state index contributed by atoms with van der Waals surface area (Å²) in [5.74, 6) is 0.688. The smallest absolute Gasteiger partial charge is 0.264 e. The number of para-hydroxylation sites is 1. The third-order valence-electron chi connectivity index (χ3n) is 5.19. The minimum Gasteiger partial charge on any atom is -0.494 e. The summed E-state index contributed by atoms with van der Waals surface area (Å²) in [5, 5.41) is 2.93. The van der Waals surface area contributed by atoms with E-state index in [0.29, 0.717) is 30.5 Å². The highest BCUT2D eigenvalue weighted by Crippen LogP contribution is 2.25. The molecular formula is C24H34N2O4S. The van der Waals surface area contributed by atoms with Crippen LogP contribution in [0.1, 0.15) is 46.5 Å². The first-order valence-electron chi connectivity index (χ1n) is 11.0. The minimum absolute atomic E-state index is 0.113. The average molecular weight is 447 g/mol. The van der Waals surface area contributed by atoms with Crippen molar-refractivity contribution in [3.63, 3.8) is 0 Å². The molecule has 0 aliphatic carbocycles. The number of carbonyl (C=O) groups excluding carboxylic acids is 1. The summed E-state index contributed by atoms with van der Waals surface area (Å²) in [4.78, 5) is 12.8. The summed E-state index contributed by atoms with van der Waals surface area (Å²) in [6.45, 7) is 6.91. The Hall–Kier alpha value is -2.54. The van der Waals surface area contributed by atoms with Crippen molar-refractivity contribution in [1.29, 1.82) is 0 Å². The van der Waals surface area contributed by atoms with Crippen molar-refractivity contribution >= 4 is 21.6 Å². The molecule has 0 radical (unpaired) electrons. The van der Waals surface area contributed by atoms with Crippen LogP contribution >= 0.6 is 0 Å². The minimum atomic E-state index is -3.92. The van der Waals surface area contributed by atoms with Gasteiger partial charge in [-0.2, -0.15) is 0 Å². The van der Waals surface area contributed by atoms with E-state index in [9.17, 15) is 13.2 Å². The molecule has 170 valence electrons. The number of nitrogens with one attached hydrogen (secondary N) is 1. The molecular weight excluding hydrogens is 412 g/mol. The van der Waals surface area contributed by atoms with Gasteiger partial charge in [0, 0.05) is 6.54 Å². The van der Waals surface area contributed by atoms with E-state index in [0.717, 1.165) is 30.0 Å². The van der Waals surface area contributed by atoms with Crippen LogP contribution in [0.5, 0.6) is 5.75 Å². The lowest BCUT2D eigenvalue weighted by atomic mass is 9.99. The zero-order valence-electron chi connectivity index (χ0n) is 18.7. The Balaban J connectivity index is 2.20. The van der Waals surface area contributed by atoms with E-state index < -0.39 is 10.0 Å². The van der Waals surface area contributed by atoms with Crippen molar-refractivity contribution in [1.82, 2.24) is 5.32 Å². The van der Waals surface area contributed by atoms with Crippen LogP contribution in [0, 0.1) is 5.92 Å². The summed E-state index contributed by atoms with van der Waals surface area (Å²) in [6, 6.07) is 15.0. The topological polar surface area (TPSA) is 75.7 Å². The number of anilines is 1. The number of amides is 1. The fraction of sp³-hybridized carbons (Fsp3) is 0.458. The van der Waals surface area contributed by atoms with Crippen molar-refractivity contribution in [2.24, 2.45) is 5.92 Å². The molecule has 1 amide bonds. The molecule has 31 heavy (non-hydrogen) atoms. The molecule has 0 fully saturated rings. The average Bonchev–Trinajstić information content (AvgIpc) is 2.78. The number of nitrogens with zero attached hydrogens (tertiary/aromatic N) is 1. The molecule has 2 rings (SSSR count). The van der Waals surface area contributed by atoms with Gasteiger partial charge in [-0.25, -0.2) is 8.42 Å². The quantitative estimate of drug-likeness (QED) is 0.487. The summed E-state index contributed by atoms with van der Waals surface area (Å²) in [7, 11) is -3.92. The lowest BCUT2D eigenvalue weighted by molar-refractivity contribution is -0.119. The van der Waals surface area contributed by atoms with Gasteiger partial charge in [0.15, 0.2) is 0 Å². The molecule has 0 unspecified atom stereocenters. The monoisotopic (exact) mass is 446 g/mol. The third kappa shape index (κ3) is 7.28. The highest BCUT2D eigenvalue weighted by molar-refractivity contribution is 7.92. The van der Waals surface area contributed by atoms with E-state index in [1.165, 1.54) is 12.1 Å². The number of sulfonamides is 1. The molecule has 6 nitrogen and oxygen atoms in total. The molecule has 2 aromatic carbocycles. The summed E-state index contributed by atoms with van der Waals surface area (Å²) < 4.78 is 33.3. The summed E-state index contributed by atoms with van der Waals surface area (Å²) in [6.07, 6.45) is 4.27. The van der Waals surface area contributed by atoms with Gasteiger partial charge < -0.3 is 10.1 Å². The van der Waals surface area contributed by atoms with Gasteiger partial charge in [0.05, 0.1) is 17.2 Å². The molecule has 1 N–H and O–H groups in total. The molecule has 0 saturated carbocycles. The van der Waals surface area contributed by atoms with Crippen molar-refractivity contribution in [3.8, 4) is 5.75 Å². The van der Waals surface area contributed by atoms with Crippen LogP contribution in [0.25, 0.3) is 0 Å². The normalized spacial score (nSPS) is 12.2. The molecule has 0 aliphatic rings. The largest absolute Gasteiger partial charge is 0.494 e. The second-order valence-corrected chi connectivity index (χ2v) is 9.33. The van der Waals surface area contributed by atoms with Crippen molar-refractivity contribution in [3.05, 3.63) is 54.6 Å².